The Morgan fingerprint density at radius 3 is 2.21 bits per heavy atom. The Hall–Kier alpha value is -1.23. The van der Waals surface area contributed by atoms with Gasteiger partial charge in [0.1, 0.15) is 17.6 Å². The molecule has 0 unspecified atom stereocenters. The lowest BCUT2D eigenvalue weighted by Gasteiger charge is -2.55. The van der Waals surface area contributed by atoms with E-state index in [0.29, 0.717) is 0 Å². The molecule has 1 aromatic rings. The van der Waals surface area contributed by atoms with Gasteiger partial charge in [-0.1, -0.05) is 6.92 Å². The first-order valence-electron chi connectivity index (χ1n) is 7.75. The van der Waals surface area contributed by atoms with Crippen LogP contribution in [0.3, 0.4) is 0 Å². The molecule has 0 saturated heterocycles. The first-order chi connectivity index (χ1) is 9.22. The van der Waals surface area contributed by atoms with E-state index in [-0.39, 0.29) is 5.41 Å². The summed E-state index contributed by atoms with van der Waals surface area (Å²) in [5.41, 5.74) is 1.06. The molecule has 4 fully saturated rings. The second-order valence-corrected chi connectivity index (χ2v) is 7.11. The number of hydrogen-bond acceptors (Lipinski definition) is 2. The van der Waals surface area contributed by atoms with Gasteiger partial charge in [0, 0.05) is 11.8 Å². The zero-order valence-corrected chi connectivity index (χ0v) is 11.6. The summed E-state index contributed by atoms with van der Waals surface area (Å²) in [6, 6.07) is 4.37. The SMILES string of the molecule is CCc1oc(C23CC4CC(CC(C4)C2)C3)cc1C#N. The summed E-state index contributed by atoms with van der Waals surface area (Å²) < 4.78 is 6.12. The molecule has 1 aromatic heterocycles. The lowest BCUT2D eigenvalue weighted by atomic mass is 9.49. The predicted molar refractivity (Wildman–Crippen MR) is 72.7 cm³/mol. The molecule has 19 heavy (non-hydrogen) atoms. The summed E-state index contributed by atoms with van der Waals surface area (Å²) in [4.78, 5) is 0. The molecule has 5 rings (SSSR count). The monoisotopic (exact) mass is 255 g/mol. The van der Waals surface area contributed by atoms with Gasteiger partial charge < -0.3 is 4.42 Å². The van der Waals surface area contributed by atoms with E-state index in [4.69, 9.17) is 4.42 Å². The minimum absolute atomic E-state index is 0.285. The average Bonchev–Trinajstić information content (AvgIpc) is 2.81. The summed E-state index contributed by atoms with van der Waals surface area (Å²) in [6.07, 6.45) is 9.10. The molecular weight excluding hydrogens is 234 g/mol. The van der Waals surface area contributed by atoms with Crippen LogP contribution in [0.2, 0.25) is 0 Å². The zero-order valence-electron chi connectivity index (χ0n) is 11.6. The van der Waals surface area contributed by atoms with E-state index in [1.54, 1.807) is 0 Å². The Kier molecular flexibility index (Phi) is 2.37. The van der Waals surface area contributed by atoms with E-state index in [1.165, 1.54) is 38.5 Å². The molecule has 0 aliphatic heterocycles. The lowest BCUT2D eigenvalue weighted by Crippen LogP contribution is -2.48. The fraction of sp³-hybridized carbons (Fsp3) is 0.706. The lowest BCUT2D eigenvalue weighted by molar-refractivity contribution is -0.0155. The standard InChI is InChI=1S/C17H21NO/c1-2-15-14(10-18)6-16(19-15)17-7-11-3-12(8-17)5-13(4-11)9-17/h6,11-13H,2-5,7-9H2,1H3. The third kappa shape index (κ3) is 1.60. The van der Waals surface area contributed by atoms with Gasteiger partial charge in [-0.25, -0.2) is 0 Å². The summed E-state index contributed by atoms with van der Waals surface area (Å²) in [6.45, 7) is 2.07. The van der Waals surface area contributed by atoms with Crippen molar-refractivity contribution in [2.75, 3.05) is 0 Å². The first-order valence-corrected chi connectivity index (χ1v) is 7.75. The van der Waals surface area contributed by atoms with Crippen molar-refractivity contribution >= 4 is 0 Å². The van der Waals surface area contributed by atoms with Gasteiger partial charge in [0.2, 0.25) is 0 Å². The van der Waals surface area contributed by atoms with Crippen LogP contribution in [-0.4, -0.2) is 0 Å². The van der Waals surface area contributed by atoms with Gasteiger partial charge >= 0.3 is 0 Å². The minimum atomic E-state index is 0.285. The fourth-order valence-corrected chi connectivity index (χ4v) is 5.46. The van der Waals surface area contributed by atoms with E-state index < -0.39 is 0 Å². The van der Waals surface area contributed by atoms with E-state index in [0.717, 1.165) is 41.3 Å². The maximum atomic E-state index is 9.23. The number of nitrogens with zero attached hydrogens (tertiary/aromatic N) is 1. The van der Waals surface area contributed by atoms with Gasteiger partial charge in [0.15, 0.2) is 0 Å². The molecule has 1 heterocycles. The van der Waals surface area contributed by atoms with E-state index in [2.05, 4.69) is 19.1 Å². The normalized spacial score (nSPS) is 39.5. The molecule has 0 radical (unpaired) electrons. The van der Waals surface area contributed by atoms with Crippen molar-refractivity contribution in [2.24, 2.45) is 17.8 Å². The van der Waals surface area contributed by atoms with Crippen LogP contribution in [0.4, 0.5) is 0 Å². The fourth-order valence-electron chi connectivity index (χ4n) is 5.46. The van der Waals surface area contributed by atoms with Gasteiger partial charge in [-0.2, -0.15) is 5.26 Å². The highest BCUT2D eigenvalue weighted by Crippen LogP contribution is 2.61. The van der Waals surface area contributed by atoms with Gasteiger partial charge in [-0.05, 0) is 62.3 Å². The highest BCUT2D eigenvalue weighted by molar-refractivity contribution is 5.37. The Labute approximate surface area is 114 Å². The number of rotatable bonds is 2. The van der Waals surface area contributed by atoms with Crippen molar-refractivity contribution < 1.29 is 4.42 Å². The number of nitriles is 1. The van der Waals surface area contributed by atoms with Crippen LogP contribution in [-0.2, 0) is 11.8 Å². The van der Waals surface area contributed by atoms with Crippen LogP contribution in [0.5, 0.6) is 0 Å². The quantitative estimate of drug-likeness (QED) is 0.794. The number of furan rings is 1. The summed E-state index contributed by atoms with van der Waals surface area (Å²) in [7, 11) is 0. The third-order valence-corrected chi connectivity index (χ3v) is 5.81. The molecule has 0 N–H and O–H groups in total. The Balaban J connectivity index is 1.75. The van der Waals surface area contributed by atoms with E-state index in [1.807, 2.05) is 0 Å². The van der Waals surface area contributed by atoms with Crippen LogP contribution in [0.15, 0.2) is 10.5 Å². The molecule has 100 valence electrons. The molecule has 4 aliphatic carbocycles. The van der Waals surface area contributed by atoms with Crippen molar-refractivity contribution in [3.8, 4) is 6.07 Å². The van der Waals surface area contributed by atoms with Crippen LogP contribution in [0.25, 0.3) is 0 Å². The molecular formula is C17H21NO. The van der Waals surface area contributed by atoms with Crippen LogP contribution >= 0.6 is 0 Å². The molecule has 4 bridgehead atoms. The number of hydrogen-bond donors (Lipinski definition) is 0. The van der Waals surface area contributed by atoms with Crippen molar-refractivity contribution in [2.45, 2.75) is 57.3 Å². The Morgan fingerprint density at radius 2 is 1.79 bits per heavy atom. The van der Waals surface area contributed by atoms with Gasteiger partial charge in [-0.15, -0.1) is 0 Å². The molecule has 0 spiro atoms. The average molecular weight is 255 g/mol. The molecule has 4 saturated carbocycles. The van der Waals surface area contributed by atoms with Crippen LogP contribution in [0.1, 0.15) is 62.5 Å². The predicted octanol–water partition coefficient (Wildman–Crippen LogP) is 4.18. The number of aryl methyl sites for hydroxylation is 1. The zero-order chi connectivity index (χ0) is 13.0. The van der Waals surface area contributed by atoms with E-state index >= 15 is 0 Å². The molecule has 0 atom stereocenters. The second-order valence-electron chi connectivity index (χ2n) is 7.11. The maximum Gasteiger partial charge on any atom is 0.121 e. The third-order valence-electron chi connectivity index (χ3n) is 5.81. The molecule has 2 nitrogen and oxygen atoms in total. The summed E-state index contributed by atoms with van der Waals surface area (Å²) >= 11 is 0. The maximum absolute atomic E-state index is 9.23. The topological polar surface area (TPSA) is 36.9 Å². The van der Waals surface area contributed by atoms with Crippen LogP contribution < -0.4 is 0 Å². The van der Waals surface area contributed by atoms with Crippen molar-refractivity contribution in [3.05, 3.63) is 23.2 Å². The minimum Gasteiger partial charge on any atom is -0.464 e. The summed E-state index contributed by atoms with van der Waals surface area (Å²) in [5.74, 6) is 4.80. The Bertz CT molecular complexity index is 513. The van der Waals surface area contributed by atoms with Gasteiger partial charge in [0.25, 0.3) is 0 Å². The molecule has 2 heteroatoms. The summed E-state index contributed by atoms with van der Waals surface area (Å²) in [5, 5.41) is 9.23. The van der Waals surface area contributed by atoms with Crippen molar-refractivity contribution in [1.82, 2.24) is 0 Å². The highest BCUT2D eigenvalue weighted by atomic mass is 16.3. The molecule has 4 aliphatic rings. The smallest absolute Gasteiger partial charge is 0.121 e. The highest BCUT2D eigenvalue weighted by Gasteiger charge is 2.53. The first kappa shape index (κ1) is 11.6. The van der Waals surface area contributed by atoms with E-state index in [9.17, 15) is 5.26 Å². The van der Waals surface area contributed by atoms with Crippen molar-refractivity contribution in [3.63, 3.8) is 0 Å². The van der Waals surface area contributed by atoms with Crippen LogP contribution in [0, 0.1) is 29.1 Å². The van der Waals surface area contributed by atoms with Gasteiger partial charge in [0.05, 0.1) is 5.56 Å². The van der Waals surface area contributed by atoms with Crippen molar-refractivity contribution in [1.29, 1.82) is 5.26 Å². The van der Waals surface area contributed by atoms with Gasteiger partial charge in [-0.3, -0.25) is 0 Å². The Morgan fingerprint density at radius 1 is 1.21 bits per heavy atom. The largest absolute Gasteiger partial charge is 0.464 e. The molecule has 0 aromatic carbocycles. The molecule has 0 amide bonds. The second kappa shape index (κ2) is 3.88.